The van der Waals surface area contributed by atoms with Crippen LogP contribution in [0.3, 0.4) is 0 Å². The summed E-state index contributed by atoms with van der Waals surface area (Å²) in [6.45, 7) is 2.24. The van der Waals surface area contributed by atoms with Gasteiger partial charge in [-0.3, -0.25) is 0 Å². The average Bonchev–Trinajstić information content (AvgIpc) is 2.18. The van der Waals surface area contributed by atoms with Crippen LogP contribution in [-0.4, -0.2) is 13.1 Å². The molecule has 1 aromatic carbocycles. The molecule has 1 saturated heterocycles. The summed E-state index contributed by atoms with van der Waals surface area (Å²) >= 11 is 9.50. The number of benzene rings is 1. The topological polar surface area (TPSA) is 12.0 Å². The van der Waals surface area contributed by atoms with Gasteiger partial charge >= 0.3 is 0 Å². The summed E-state index contributed by atoms with van der Waals surface area (Å²) in [4.78, 5) is 0. The molecule has 1 heterocycles. The maximum Gasteiger partial charge on any atom is 0.0420 e. The summed E-state index contributed by atoms with van der Waals surface area (Å²) in [6, 6.07) is 6.20. The van der Waals surface area contributed by atoms with E-state index in [4.69, 9.17) is 11.6 Å². The maximum absolute atomic E-state index is 6.02. The first kappa shape index (κ1) is 10.5. The fourth-order valence-corrected chi connectivity index (χ4v) is 2.85. The minimum absolute atomic E-state index is 0.672. The van der Waals surface area contributed by atoms with Crippen LogP contribution in [0.25, 0.3) is 0 Å². The van der Waals surface area contributed by atoms with Gasteiger partial charge in [0, 0.05) is 9.50 Å². The van der Waals surface area contributed by atoms with Crippen molar-refractivity contribution in [1.29, 1.82) is 0 Å². The van der Waals surface area contributed by atoms with E-state index >= 15 is 0 Å². The van der Waals surface area contributed by atoms with Gasteiger partial charge in [-0.2, -0.15) is 0 Å². The molecule has 2 rings (SSSR count). The molecule has 0 atom stereocenters. The van der Waals surface area contributed by atoms with Crippen LogP contribution >= 0.6 is 27.5 Å². The van der Waals surface area contributed by atoms with Gasteiger partial charge in [0.25, 0.3) is 0 Å². The average molecular weight is 275 g/mol. The Hall–Kier alpha value is -0.0500. The summed E-state index contributed by atoms with van der Waals surface area (Å²) < 4.78 is 1.08. The number of hydrogen-bond donors (Lipinski definition) is 1. The van der Waals surface area contributed by atoms with Crippen molar-refractivity contribution in [3.8, 4) is 0 Å². The summed E-state index contributed by atoms with van der Waals surface area (Å²) in [5.41, 5.74) is 1.37. The molecule has 0 amide bonds. The van der Waals surface area contributed by atoms with Crippen LogP contribution in [0.5, 0.6) is 0 Å². The molecular weight excluding hydrogens is 261 g/mol. The predicted octanol–water partition coefficient (Wildman–Crippen LogP) is 3.57. The van der Waals surface area contributed by atoms with Gasteiger partial charge in [0.05, 0.1) is 0 Å². The molecule has 0 bridgehead atoms. The summed E-state index contributed by atoms with van der Waals surface area (Å²) in [5, 5.41) is 4.20. The Morgan fingerprint density at radius 3 is 2.57 bits per heavy atom. The lowest BCUT2D eigenvalue weighted by Gasteiger charge is -2.23. The van der Waals surface area contributed by atoms with Gasteiger partial charge in [-0.15, -0.1) is 0 Å². The van der Waals surface area contributed by atoms with Crippen molar-refractivity contribution < 1.29 is 0 Å². The van der Waals surface area contributed by atoms with Crippen molar-refractivity contribution in [1.82, 2.24) is 5.32 Å². The highest BCUT2D eigenvalue weighted by atomic mass is 79.9. The molecule has 1 aliphatic heterocycles. The first-order chi connectivity index (χ1) is 6.75. The normalized spacial score (nSPS) is 18.4. The second-order valence-corrected chi connectivity index (χ2v) is 5.08. The fourth-order valence-electron chi connectivity index (χ4n) is 1.97. The van der Waals surface area contributed by atoms with E-state index in [1.54, 1.807) is 0 Å². The highest BCUT2D eigenvalue weighted by Crippen LogP contribution is 2.29. The van der Waals surface area contributed by atoms with Crippen LogP contribution in [0.2, 0.25) is 5.02 Å². The lowest BCUT2D eigenvalue weighted by molar-refractivity contribution is 0.460. The van der Waals surface area contributed by atoms with Gasteiger partial charge < -0.3 is 5.32 Å². The van der Waals surface area contributed by atoms with Crippen LogP contribution in [0, 0.1) is 0 Å². The van der Waals surface area contributed by atoms with Gasteiger partial charge in [-0.25, -0.2) is 0 Å². The number of hydrogen-bond acceptors (Lipinski definition) is 1. The van der Waals surface area contributed by atoms with Crippen molar-refractivity contribution in [3.05, 3.63) is 33.3 Å². The molecule has 0 aliphatic carbocycles. The highest BCUT2D eigenvalue weighted by Gasteiger charge is 2.15. The van der Waals surface area contributed by atoms with E-state index in [-0.39, 0.29) is 0 Å². The molecular formula is C11H13BrClN. The number of piperidine rings is 1. The molecule has 1 aliphatic rings. The highest BCUT2D eigenvalue weighted by molar-refractivity contribution is 9.10. The lowest BCUT2D eigenvalue weighted by Crippen LogP contribution is -2.26. The molecule has 0 saturated carbocycles. The van der Waals surface area contributed by atoms with E-state index in [0.29, 0.717) is 5.92 Å². The first-order valence-electron chi connectivity index (χ1n) is 4.92. The first-order valence-corrected chi connectivity index (χ1v) is 6.09. The molecule has 0 radical (unpaired) electrons. The molecule has 1 nitrogen and oxygen atoms in total. The minimum atomic E-state index is 0.672. The van der Waals surface area contributed by atoms with E-state index < -0.39 is 0 Å². The Bertz CT molecular complexity index is 301. The second-order valence-electron chi connectivity index (χ2n) is 3.73. The van der Waals surface area contributed by atoms with Crippen LogP contribution in [-0.2, 0) is 0 Å². The van der Waals surface area contributed by atoms with Crippen molar-refractivity contribution in [2.75, 3.05) is 13.1 Å². The van der Waals surface area contributed by atoms with E-state index in [1.807, 2.05) is 6.07 Å². The largest absolute Gasteiger partial charge is 0.317 e. The minimum Gasteiger partial charge on any atom is -0.317 e. The quantitative estimate of drug-likeness (QED) is 0.825. The van der Waals surface area contributed by atoms with E-state index in [0.717, 1.165) is 22.6 Å². The summed E-state index contributed by atoms with van der Waals surface area (Å²) in [5.74, 6) is 0.672. The predicted molar refractivity (Wildman–Crippen MR) is 64.0 cm³/mol. The van der Waals surface area contributed by atoms with Gasteiger partial charge in [0.1, 0.15) is 0 Å². The zero-order valence-electron chi connectivity index (χ0n) is 7.89. The molecule has 0 spiro atoms. The fraction of sp³-hybridized carbons (Fsp3) is 0.455. The third-order valence-electron chi connectivity index (χ3n) is 2.70. The van der Waals surface area contributed by atoms with Gasteiger partial charge in [0.15, 0.2) is 0 Å². The van der Waals surface area contributed by atoms with E-state index in [1.165, 1.54) is 18.4 Å². The van der Waals surface area contributed by atoms with Gasteiger partial charge in [-0.05, 0) is 55.6 Å². The van der Waals surface area contributed by atoms with Crippen LogP contribution in [0.15, 0.2) is 22.7 Å². The molecule has 76 valence electrons. The molecule has 14 heavy (non-hydrogen) atoms. The molecule has 0 unspecified atom stereocenters. The molecule has 1 aromatic rings. The Balaban J connectivity index is 2.21. The van der Waals surface area contributed by atoms with Crippen LogP contribution in [0.1, 0.15) is 24.3 Å². The molecule has 0 aromatic heterocycles. The second kappa shape index (κ2) is 4.65. The van der Waals surface area contributed by atoms with E-state index in [2.05, 4.69) is 33.4 Å². The zero-order chi connectivity index (χ0) is 9.97. The van der Waals surface area contributed by atoms with Crippen molar-refractivity contribution in [3.63, 3.8) is 0 Å². The standard InChI is InChI=1S/C11H13BrClN/c12-10-5-9(6-11(13)7-10)8-1-3-14-4-2-8/h5-8,14H,1-4H2. The Kier molecular flexibility index (Phi) is 3.47. The maximum atomic E-state index is 6.02. The van der Waals surface area contributed by atoms with Crippen molar-refractivity contribution in [2.45, 2.75) is 18.8 Å². The third-order valence-corrected chi connectivity index (χ3v) is 3.37. The smallest absolute Gasteiger partial charge is 0.0420 e. The Morgan fingerprint density at radius 2 is 1.93 bits per heavy atom. The van der Waals surface area contributed by atoms with E-state index in [9.17, 15) is 0 Å². The number of halogens is 2. The number of rotatable bonds is 1. The Labute approximate surface area is 98.0 Å². The van der Waals surface area contributed by atoms with Crippen molar-refractivity contribution >= 4 is 27.5 Å². The lowest BCUT2D eigenvalue weighted by atomic mass is 9.90. The van der Waals surface area contributed by atoms with Gasteiger partial charge in [0.2, 0.25) is 0 Å². The van der Waals surface area contributed by atoms with Crippen molar-refractivity contribution in [2.24, 2.45) is 0 Å². The SMILES string of the molecule is Clc1cc(Br)cc(C2CCNCC2)c1. The van der Waals surface area contributed by atoms with Crippen LogP contribution < -0.4 is 5.32 Å². The third kappa shape index (κ3) is 2.50. The number of nitrogens with one attached hydrogen (secondary N) is 1. The summed E-state index contributed by atoms with van der Waals surface area (Å²) in [6.07, 6.45) is 2.43. The zero-order valence-corrected chi connectivity index (χ0v) is 10.2. The molecule has 1 N–H and O–H groups in total. The Morgan fingerprint density at radius 1 is 1.21 bits per heavy atom. The monoisotopic (exact) mass is 273 g/mol. The van der Waals surface area contributed by atoms with Gasteiger partial charge in [-0.1, -0.05) is 27.5 Å². The molecule has 3 heteroatoms. The molecule has 1 fully saturated rings. The summed E-state index contributed by atoms with van der Waals surface area (Å²) in [7, 11) is 0. The van der Waals surface area contributed by atoms with Crippen LogP contribution in [0.4, 0.5) is 0 Å².